The van der Waals surface area contributed by atoms with Crippen LogP contribution in [-0.4, -0.2) is 64.2 Å². The molecule has 1 N–H and O–H groups in total. The molecule has 22 heavy (non-hydrogen) atoms. The van der Waals surface area contributed by atoms with Gasteiger partial charge in [0.05, 0.1) is 51.7 Å². The van der Waals surface area contributed by atoms with Gasteiger partial charge in [0.1, 0.15) is 6.10 Å². The Labute approximate surface area is 132 Å². The summed E-state index contributed by atoms with van der Waals surface area (Å²) in [4.78, 5) is 0. The Morgan fingerprint density at radius 3 is 2.41 bits per heavy atom. The lowest BCUT2D eigenvalue weighted by atomic mass is 10.2. The second-order valence-electron chi connectivity index (χ2n) is 4.50. The highest BCUT2D eigenvalue weighted by Crippen LogP contribution is 2.14. The van der Waals surface area contributed by atoms with Crippen LogP contribution in [0.15, 0.2) is 24.7 Å². The van der Waals surface area contributed by atoms with Crippen LogP contribution in [0.4, 0.5) is 0 Å². The van der Waals surface area contributed by atoms with Gasteiger partial charge >= 0.3 is 7.32 Å². The van der Waals surface area contributed by atoms with Crippen molar-refractivity contribution in [3.05, 3.63) is 24.7 Å². The molecule has 0 amide bonds. The van der Waals surface area contributed by atoms with E-state index in [-0.39, 0.29) is 12.2 Å². The third-order valence-electron chi connectivity index (χ3n) is 2.83. The fourth-order valence-corrected chi connectivity index (χ4v) is 1.50. The van der Waals surface area contributed by atoms with Gasteiger partial charge in [0.25, 0.3) is 0 Å². The molecule has 1 aliphatic heterocycles. The minimum Gasteiger partial charge on any atom is -0.508 e. The summed E-state index contributed by atoms with van der Waals surface area (Å²) in [5.74, 6) is 0. The molecule has 2 unspecified atom stereocenters. The Kier molecular flexibility index (Phi) is 10.8. The lowest BCUT2D eigenvalue weighted by Gasteiger charge is -2.33. The Bertz CT molecular complexity index is 324. The molecule has 1 heterocycles. The molecule has 7 nitrogen and oxygen atoms in total. The minimum atomic E-state index is -1.36. The van der Waals surface area contributed by atoms with Crippen molar-refractivity contribution in [1.82, 2.24) is 0 Å². The van der Waals surface area contributed by atoms with Gasteiger partial charge in [0, 0.05) is 6.61 Å². The molecule has 1 aliphatic rings. The summed E-state index contributed by atoms with van der Waals surface area (Å²) in [6.07, 6.45) is 6.21. The van der Waals surface area contributed by atoms with Crippen LogP contribution in [-0.2, 0) is 28.3 Å². The maximum absolute atomic E-state index is 9.36. The van der Waals surface area contributed by atoms with E-state index in [9.17, 15) is 5.02 Å². The molecular formula is C14H25BO7. The van der Waals surface area contributed by atoms with Gasteiger partial charge in [-0.2, -0.15) is 0 Å². The average Bonchev–Trinajstić information content (AvgIpc) is 2.51. The largest absolute Gasteiger partial charge is 0.784 e. The van der Waals surface area contributed by atoms with Gasteiger partial charge in [0.15, 0.2) is 0 Å². The quantitative estimate of drug-likeness (QED) is 0.307. The lowest BCUT2D eigenvalue weighted by molar-refractivity contribution is -0.174. The van der Waals surface area contributed by atoms with E-state index in [4.69, 9.17) is 28.3 Å². The predicted molar refractivity (Wildman–Crippen MR) is 80.9 cm³/mol. The molecular weight excluding hydrogens is 291 g/mol. The first kappa shape index (κ1) is 19.0. The smallest absolute Gasteiger partial charge is 0.508 e. The van der Waals surface area contributed by atoms with Crippen molar-refractivity contribution < 1.29 is 33.3 Å². The summed E-state index contributed by atoms with van der Waals surface area (Å²) in [7, 11) is -1.36. The number of hydrogen-bond donors (Lipinski definition) is 1. The van der Waals surface area contributed by atoms with E-state index in [0.717, 1.165) is 0 Å². The zero-order chi connectivity index (χ0) is 16.0. The first-order valence-corrected chi connectivity index (χ1v) is 7.41. The zero-order valence-electron chi connectivity index (χ0n) is 13.2. The topological polar surface area (TPSA) is 75.6 Å². The van der Waals surface area contributed by atoms with Crippen molar-refractivity contribution in [2.75, 3.05) is 39.6 Å². The monoisotopic (exact) mass is 316 g/mol. The van der Waals surface area contributed by atoms with Gasteiger partial charge < -0.3 is 33.3 Å². The summed E-state index contributed by atoms with van der Waals surface area (Å²) >= 11 is 0. The number of rotatable bonds is 13. The van der Waals surface area contributed by atoms with Gasteiger partial charge in [-0.1, -0.05) is 0 Å². The van der Waals surface area contributed by atoms with Crippen molar-refractivity contribution in [1.29, 1.82) is 0 Å². The van der Waals surface area contributed by atoms with E-state index in [1.165, 1.54) is 12.5 Å². The Hall–Kier alpha value is -1.06. The molecule has 0 aromatic heterocycles. The summed E-state index contributed by atoms with van der Waals surface area (Å²) in [5.41, 5.74) is 0. The Balaban J connectivity index is 1.90. The minimum absolute atomic E-state index is 0.136. The number of hydrogen-bond acceptors (Lipinski definition) is 7. The molecule has 8 heteroatoms. The summed E-state index contributed by atoms with van der Waals surface area (Å²) in [6, 6.07) is 0. The second-order valence-corrected chi connectivity index (χ2v) is 4.50. The van der Waals surface area contributed by atoms with Crippen LogP contribution in [0, 0.1) is 0 Å². The van der Waals surface area contributed by atoms with Crippen LogP contribution >= 0.6 is 0 Å². The van der Waals surface area contributed by atoms with Crippen molar-refractivity contribution in [2.24, 2.45) is 0 Å². The van der Waals surface area contributed by atoms with Crippen LogP contribution in [0.5, 0.6) is 0 Å². The molecule has 0 bridgehead atoms. The predicted octanol–water partition coefficient (Wildman–Crippen LogP) is 0.881. The lowest BCUT2D eigenvalue weighted by Crippen LogP contribution is -2.44. The first-order chi connectivity index (χ1) is 10.7. The molecule has 126 valence electrons. The van der Waals surface area contributed by atoms with Crippen LogP contribution in [0.1, 0.15) is 13.8 Å². The zero-order valence-corrected chi connectivity index (χ0v) is 13.2. The van der Waals surface area contributed by atoms with Gasteiger partial charge in [-0.05, 0) is 26.0 Å². The standard InChI is InChI=1S/C14H25BO7/c1-3-17-10-11-18-6-4-8-21-15(16)22-9-5-7-19-14-12-20-13(14)2/h4-5,8-9,13-14,16H,3,6-7,10-12H2,1-2H3/b8-4+,9-5+. The van der Waals surface area contributed by atoms with E-state index >= 15 is 0 Å². The summed E-state index contributed by atoms with van der Waals surface area (Å²) < 4.78 is 30.7. The molecule has 0 aromatic carbocycles. The third-order valence-corrected chi connectivity index (χ3v) is 2.83. The summed E-state index contributed by atoms with van der Waals surface area (Å²) in [5, 5.41) is 9.36. The summed E-state index contributed by atoms with van der Waals surface area (Å²) in [6.45, 7) is 7.05. The Morgan fingerprint density at radius 2 is 1.82 bits per heavy atom. The van der Waals surface area contributed by atoms with Crippen LogP contribution in [0.25, 0.3) is 0 Å². The Morgan fingerprint density at radius 1 is 1.14 bits per heavy atom. The molecule has 1 rings (SSSR count). The second kappa shape index (κ2) is 12.5. The molecule has 0 aromatic rings. The molecule has 0 aliphatic carbocycles. The van der Waals surface area contributed by atoms with Crippen molar-refractivity contribution in [2.45, 2.75) is 26.1 Å². The molecule has 2 atom stereocenters. The van der Waals surface area contributed by atoms with Gasteiger partial charge in [0.2, 0.25) is 0 Å². The fraction of sp³-hybridized carbons (Fsp3) is 0.714. The van der Waals surface area contributed by atoms with E-state index in [1.54, 1.807) is 12.2 Å². The van der Waals surface area contributed by atoms with Crippen LogP contribution in [0.2, 0.25) is 0 Å². The van der Waals surface area contributed by atoms with Crippen molar-refractivity contribution >= 4 is 7.32 Å². The molecule has 0 saturated carbocycles. The van der Waals surface area contributed by atoms with Crippen molar-refractivity contribution in [3.8, 4) is 0 Å². The van der Waals surface area contributed by atoms with Crippen molar-refractivity contribution in [3.63, 3.8) is 0 Å². The maximum atomic E-state index is 9.36. The highest BCUT2D eigenvalue weighted by Gasteiger charge is 2.28. The van der Waals surface area contributed by atoms with Gasteiger partial charge in [-0.3, -0.25) is 0 Å². The van der Waals surface area contributed by atoms with E-state index in [1.807, 2.05) is 13.8 Å². The SMILES string of the molecule is CCOCCOC/C=C/OB(O)O/C=C/COC1COC1C. The number of ether oxygens (including phenoxy) is 4. The molecule has 0 spiro atoms. The third kappa shape index (κ3) is 9.06. The van der Waals surface area contributed by atoms with Crippen LogP contribution in [0.3, 0.4) is 0 Å². The normalized spacial score (nSPS) is 21.2. The fourth-order valence-electron chi connectivity index (χ4n) is 1.50. The highest BCUT2D eigenvalue weighted by atomic mass is 16.7. The molecule has 1 fully saturated rings. The molecule has 0 radical (unpaired) electrons. The van der Waals surface area contributed by atoms with E-state index < -0.39 is 7.32 Å². The first-order valence-electron chi connectivity index (χ1n) is 7.41. The molecule has 1 saturated heterocycles. The van der Waals surface area contributed by atoms with Gasteiger partial charge in [-0.25, -0.2) is 0 Å². The van der Waals surface area contributed by atoms with Crippen LogP contribution < -0.4 is 0 Å². The van der Waals surface area contributed by atoms with Gasteiger partial charge in [-0.15, -0.1) is 0 Å². The maximum Gasteiger partial charge on any atom is 0.784 e. The van der Waals surface area contributed by atoms with E-state index in [0.29, 0.717) is 39.6 Å². The average molecular weight is 316 g/mol. The van der Waals surface area contributed by atoms with E-state index in [2.05, 4.69) is 0 Å². The highest BCUT2D eigenvalue weighted by molar-refractivity contribution is 6.35.